The van der Waals surface area contributed by atoms with E-state index in [0.717, 1.165) is 25.7 Å². The molecule has 1 aromatic heterocycles. The van der Waals surface area contributed by atoms with Crippen LogP contribution in [0, 0.1) is 10.5 Å². The number of furan rings is 1. The van der Waals surface area contributed by atoms with Gasteiger partial charge in [-0.05, 0) is 65.9 Å². The average Bonchev–Trinajstić information content (AvgIpc) is 2.83. The van der Waals surface area contributed by atoms with Crippen LogP contribution < -0.4 is 0 Å². The van der Waals surface area contributed by atoms with E-state index in [4.69, 9.17) is 16.0 Å². The summed E-state index contributed by atoms with van der Waals surface area (Å²) in [6.45, 7) is 2.03. The van der Waals surface area contributed by atoms with Crippen LogP contribution in [-0.4, -0.2) is 5.11 Å². The van der Waals surface area contributed by atoms with Gasteiger partial charge in [0.1, 0.15) is 17.4 Å². The molecule has 102 valence electrons. The van der Waals surface area contributed by atoms with Gasteiger partial charge in [-0.25, -0.2) is 0 Å². The number of aliphatic hydroxyl groups is 1. The molecule has 1 heterocycles. The van der Waals surface area contributed by atoms with E-state index in [1.165, 1.54) is 0 Å². The smallest absolute Gasteiger partial charge is 0.138 e. The Balaban J connectivity index is 2.07. The molecule has 3 aromatic rings. The molecular formula is C16H12ClIO2. The van der Waals surface area contributed by atoms with E-state index in [0.29, 0.717) is 10.8 Å². The van der Waals surface area contributed by atoms with Crippen molar-refractivity contribution in [1.29, 1.82) is 0 Å². The lowest BCUT2D eigenvalue weighted by Gasteiger charge is -2.10. The molecule has 0 aliphatic rings. The minimum absolute atomic E-state index is 0.533. The van der Waals surface area contributed by atoms with E-state index in [2.05, 4.69) is 22.6 Å². The third-order valence-corrected chi connectivity index (χ3v) is 4.43. The number of benzene rings is 2. The van der Waals surface area contributed by atoms with E-state index in [1.54, 1.807) is 6.07 Å². The van der Waals surface area contributed by atoms with Gasteiger partial charge in [-0.2, -0.15) is 0 Å². The van der Waals surface area contributed by atoms with E-state index in [1.807, 2.05) is 43.3 Å². The van der Waals surface area contributed by atoms with Crippen molar-refractivity contribution in [2.75, 3.05) is 0 Å². The summed E-state index contributed by atoms with van der Waals surface area (Å²) in [5, 5.41) is 12.1. The van der Waals surface area contributed by atoms with Crippen LogP contribution in [0.4, 0.5) is 0 Å². The fraction of sp³-hybridized carbons (Fsp3) is 0.125. The van der Waals surface area contributed by atoms with Crippen LogP contribution in [-0.2, 0) is 0 Å². The highest BCUT2D eigenvalue weighted by atomic mass is 127. The Morgan fingerprint density at radius 2 is 1.95 bits per heavy atom. The highest BCUT2D eigenvalue weighted by Crippen LogP contribution is 2.32. The quantitative estimate of drug-likeness (QED) is 0.611. The second-order valence-electron chi connectivity index (χ2n) is 4.76. The fourth-order valence-corrected chi connectivity index (χ4v) is 3.01. The monoisotopic (exact) mass is 398 g/mol. The number of halogens is 2. The molecule has 0 fully saturated rings. The molecule has 0 bridgehead atoms. The van der Waals surface area contributed by atoms with Gasteiger partial charge in [0.05, 0.1) is 0 Å². The molecule has 0 spiro atoms. The van der Waals surface area contributed by atoms with Crippen molar-refractivity contribution in [3.63, 3.8) is 0 Å². The van der Waals surface area contributed by atoms with Crippen molar-refractivity contribution in [3.05, 3.63) is 67.9 Å². The maximum absolute atomic E-state index is 10.5. The summed E-state index contributed by atoms with van der Waals surface area (Å²) in [6.07, 6.45) is -0.812. The Morgan fingerprint density at radius 1 is 1.15 bits per heavy atom. The number of rotatable bonds is 2. The molecule has 20 heavy (non-hydrogen) atoms. The molecule has 0 aliphatic carbocycles. The molecule has 1 N–H and O–H groups in total. The Morgan fingerprint density at radius 3 is 2.75 bits per heavy atom. The highest BCUT2D eigenvalue weighted by Gasteiger charge is 2.18. The SMILES string of the molecule is Cc1ccc2oc(C(O)c3cc(Cl)ccc3I)cc2c1. The van der Waals surface area contributed by atoms with Crippen LogP contribution in [0.3, 0.4) is 0 Å². The normalized spacial score (nSPS) is 12.8. The molecule has 0 aliphatic heterocycles. The van der Waals surface area contributed by atoms with Crippen LogP contribution in [0.15, 0.2) is 46.9 Å². The van der Waals surface area contributed by atoms with Gasteiger partial charge in [-0.15, -0.1) is 0 Å². The zero-order valence-electron chi connectivity index (χ0n) is 10.7. The topological polar surface area (TPSA) is 33.4 Å². The lowest BCUT2D eigenvalue weighted by Crippen LogP contribution is -2.00. The van der Waals surface area contributed by atoms with E-state index < -0.39 is 6.10 Å². The van der Waals surface area contributed by atoms with Crippen molar-refractivity contribution >= 4 is 45.2 Å². The molecule has 0 saturated carbocycles. The first-order chi connectivity index (χ1) is 9.54. The van der Waals surface area contributed by atoms with Crippen LogP contribution in [0.5, 0.6) is 0 Å². The Labute approximate surface area is 135 Å². The van der Waals surface area contributed by atoms with Gasteiger partial charge in [0.15, 0.2) is 0 Å². The summed E-state index contributed by atoms with van der Waals surface area (Å²) in [5.41, 5.74) is 2.70. The average molecular weight is 399 g/mol. The van der Waals surface area contributed by atoms with E-state index >= 15 is 0 Å². The Bertz CT molecular complexity index is 779. The molecular weight excluding hydrogens is 387 g/mol. The first kappa shape index (κ1) is 13.9. The van der Waals surface area contributed by atoms with Gasteiger partial charge >= 0.3 is 0 Å². The number of hydrogen-bond acceptors (Lipinski definition) is 2. The number of aliphatic hydroxyl groups excluding tert-OH is 1. The minimum Gasteiger partial charge on any atom is -0.458 e. The molecule has 0 amide bonds. The van der Waals surface area contributed by atoms with E-state index in [9.17, 15) is 5.11 Å². The van der Waals surface area contributed by atoms with Crippen LogP contribution in [0.2, 0.25) is 5.02 Å². The molecule has 2 nitrogen and oxygen atoms in total. The largest absolute Gasteiger partial charge is 0.458 e. The summed E-state index contributed by atoms with van der Waals surface area (Å²) >= 11 is 8.19. The summed E-state index contributed by atoms with van der Waals surface area (Å²) in [5.74, 6) is 0.533. The maximum atomic E-state index is 10.5. The van der Waals surface area contributed by atoms with Crippen LogP contribution in [0.25, 0.3) is 11.0 Å². The predicted molar refractivity (Wildman–Crippen MR) is 89.2 cm³/mol. The summed E-state index contributed by atoms with van der Waals surface area (Å²) in [7, 11) is 0. The van der Waals surface area contributed by atoms with Crippen molar-refractivity contribution in [2.24, 2.45) is 0 Å². The van der Waals surface area contributed by atoms with Gasteiger partial charge in [0.2, 0.25) is 0 Å². The van der Waals surface area contributed by atoms with Crippen molar-refractivity contribution in [2.45, 2.75) is 13.0 Å². The summed E-state index contributed by atoms with van der Waals surface area (Å²) in [6, 6.07) is 13.3. The van der Waals surface area contributed by atoms with Crippen molar-refractivity contribution in [3.8, 4) is 0 Å². The second kappa shape index (κ2) is 5.39. The molecule has 4 heteroatoms. The first-order valence-electron chi connectivity index (χ1n) is 6.18. The third-order valence-electron chi connectivity index (χ3n) is 3.21. The van der Waals surface area contributed by atoms with Crippen LogP contribution in [0.1, 0.15) is 23.0 Å². The second-order valence-corrected chi connectivity index (χ2v) is 6.36. The van der Waals surface area contributed by atoms with Gasteiger partial charge in [-0.3, -0.25) is 0 Å². The van der Waals surface area contributed by atoms with Crippen molar-refractivity contribution in [1.82, 2.24) is 0 Å². The molecule has 1 unspecified atom stereocenters. The summed E-state index contributed by atoms with van der Waals surface area (Å²) in [4.78, 5) is 0. The maximum Gasteiger partial charge on any atom is 0.138 e. The molecule has 0 radical (unpaired) electrons. The van der Waals surface area contributed by atoms with Gasteiger partial charge < -0.3 is 9.52 Å². The zero-order chi connectivity index (χ0) is 14.3. The number of aryl methyl sites for hydroxylation is 1. The number of hydrogen-bond donors (Lipinski definition) is 1. The van der Waals surface area contributed by atoms with E-state index in [-0.39, 0.29) is 0 Å². The Hall–Kier alpha value is -1.04. The summed E-state index contributed by atoms with van der Waals surface area (Å²) < 4.78 is 6.69. The van der Waals surface area contributed by atoms with Crippen molar-refractivity contribution < 1.29 is 9.52 Å². The van der Waals surface area contributed by atoms with Gasteiger partial charge in [0, 0.05) is 19.5 Å². The van der Waals surface area contributed by atoms with Gasteiger partial charge in [-0.1, -0.05) is 23.2 Å². The molecule has 1 atom stereocenters. The molecule has 3 rings (SSSR count). The number of fused-ring (bicyclic) bond motifs is 1. The minimum atomic E-state index is -0.812. The van der Waals surface area contributed by atoms with Crippen LogP contribution >= 0.6 is 34.2 Å². The predicted octanol–water partition coefficient (Wildman–Crippen LogP) is 5.08. The fourth-order valence-electron chi connectivity index (χ4n) is 2.20. The standard InChI is InChI=1S/C16H12ClIO2/c1-9-2-5-14-10(6-9)7-15(20-14)16(19)12-8-11(17)3-4-13(12)18/h2-8,16,19H,1H3. The van der Waals surface area contributed by atoms with Gasteiger partial charge in [0.25, 0.3) is 0 Å². The third kappa shape index (κ3) is 2.57. The Kier molecular flexibility index (Phi) is 3.75. The lowest BCUT2D eigenvalue weighted by atomic mass is 10.1. The molecule has 2 aromatic carbocycles. The lowest BCUT2D eigenvalue weighted by molar-refractivity contribution is 0.191. The first-order valence-corrected chi connectivity index (χ1v) is 7.63. The zero-order valence-corrected chi connectivity index (χ0v) is 13.6. The molecule has 0 saturated heterocycles. The highest BCUT2D eigenvalue weighted by molar-refractivity contribution is 14.1.